The molecule has 5 nitrogen and oxygen atoms in total. The second kappa shape index (κ2) is 7.78. The maximum atomic E-state index is 12.0. The highest BCUT2D eigenvalue weighted by Crippen LogP contribution is 2.27. The summed E-state index contributed by atoms with van der Waals surface area (Å²) >= 11 is 0. The minimum Gasteiger partial charge on any atom is -0.480 e. The number of nitrogens with one attached hydrogen (secondary N) is 1. The Kier molecular flexibility index (Phi) is 6.65. The van der Waals surface area contributed by atoms with Gasteiger partial charge >= 0.3 is 5.97 Å². The number of nitrogens with two attached hydrogens (primary N) is 1. The molecular weight excluding hydrogens is 268 g/mol. The smallest absolute Gasteiger partial charge is 0.326 e. The quantitative estimate of drug-likeness (QED) is 0.701. The molecule has 0 aromatic carbocycles. The van der Waals surface area contributed by atoms with E-state index in [9.17, 15) is 14.7 Å². The molecule has 4 N–H and O–H groups in total. The lowest BCUT2D eigenvalue weighted by molar-refractivity contribution is -0.144. The van der Waals surface area contributed by atoms with Crippen LogP contribution in [0.15, 0.2) is 0 Å². The van der Waals surface area contributed by atoms with E-state index in [4.69, 9.17) is 5.73 Å². The van der Waals surface area contributed by atoms with Crippen molar-refractivity contribution in [2.75, 3.05) is 0 Å². The first-order chi connectivity index (χ1) is 9.69. The number of carbonyl (C=O) groups is 2. The van der Waals surface area contributed by atoms with Crippen molar-refractivity contribution < 1.29 is 14.7 Å². The molecule has 1 aliphatic carbocycles. The van der Waals surface area contributed by atoms with Crippen molar-refractivity contribution in [3.8, 4) is 0 Å². The third kappa shape index (κ3) is 6.93. The van der Waals surface area contributed by atoms with Gasteiger partial charge in [-0.3, -0.25) is 4.79 Å². The number of amides is 1. The van der Waals surface area contributed by atoms with Gasteiger partial charge in [0, 0.05) is 12.5 Å². The van der Waals surface area contributed by atoms with Crippen molar-refractivity contribution >= 4 is 11.9 Å². The second-order valence-corrected chi connectivity index (χ2v) is 7.51. The van der Waals surface area contributed by atoms with Gasteiger partial charge in [0.1, 0.15) is 6.04 Å². The van der Waals surface area contributed by atoms with Crippen LogP contribution in [0.3, 0.4) is 0 Å². The van der Waals surface area contributed by atoms with Crippen LogP contribution in [0.1, 0.15) is 65.7 Å². The Bertz CT molecular complexity index is 357. The summed E-state index contributed by atoms with van der Waals surface area (Å²) in [5, 5.41) is 12.0. The molecule has 5 heteroatoms. The molecule has 0 heterocycles. The molecule has 0 aromatic rings. The van der Waals surface area contributed by atoms with E-state index in [-0.39, 0.29) is 29.7 Å². The molecule has 1 aliphatic rings. The van der Waals surface area contributed by atoms with Crippen LogP contribution in [-0.4, -0.2) is 29.1 Å². The van der Waals surface area contributed by atoms with Crippen LogP contribution in [0, 0.1) is 11.3 Å². The van der Waals surface area contributed by atoms with Crippen LogP contribution in [0.5, 0.6) is 0 Å². The summed E-state index contributed by atoms with van der Waals surface area (Å²) in [5.41, 5.74) is 6.05. The number of carboxylic acid groups (broad SMARTS) is 1. The predicted molar refractivity (Wildman–Crippen MR) is 82.8 cm³/mol. The number of rotatable bonds is 6. The highest BCUT2D eigenvalue weighted by molar-refractivity contribution is 5.84. The molecule has 2 atom stereocenters. The third-order valence-electron chi connectivity index (χ3n) is 4.03. The summed E-state index contributed by atoms with van der Waals surface area (Å²) in [6.45, 7) is 6.23. The number of hydrogen-bond donors (Lipinski definition) is 3. The molecule has 2 unspecified atom stereocenters. The van der Waals surface area contributed by atoms with Crippen molar-refractivity contribution in [2.45, 2.75) is 77.8 Å². The maximum Gasteiger partial charge on any atom is 0.326 e. The standard InChI is InChI=1S/C16H30N2O3/c1-16(2,3)10-12(17)9-13(19)18-14(15(20)21)11-7-5-4-6-8-11/h11-12,14H,4-10,17H2,1-3H3,(H,18,19)(H,20,21). The van der Waals surface area contributed by atoms with Gasteiger partial charge in [0.2, 0.25) is 5.91 Å². The molecule has 0 bridgehead atoms. The minimum atomic E-state index is -0.931. The largest absolute Gasteiger partial charge is 0.480 e. The zero-order valence-electron chi connectivity index (χ0n) is 13.5. The summed E-state index contributed by atoms with van der Waals surface area (Å²) in [7, 11) is 0. The van der Waals surface area contributed by atoms with E-state index >= 15 is 0 Å². The Balaban J connectivity index is 2.50. The molecule has 0 aromatic heterocycles. The van der Waals surface area contributed by atoms with Gasteiger partial charge in [-0.05, 0) is 30.6 Å². The highest BCUT2D eigenvalue weighted by atomic mass is 16.4. The number of hydrogen-bond acceptors (Lipinski definition) is 3. The number of carboxylic acids is 1. The van der Waals surface area contributed by atoms with Gasteiger partial charge in [-0.25, -0.2) is 4.79 Å². The van der Waals surface area contributed by atoms with Gasteiger partial charge in [-0.1, -0.05) is 40.0 Å². The lowest BCUT2D eigenvalue weighted by Crippen LogP contribution is -2.48. The fourth-order valence-corrected chi connectivity index (χ4v) is 3.18. The average Bonchev–Trinajstić information content (AvgIpc) is 2.34. The summed E-state index contributed by atoms with van der Waals surface area (Å²) in [5.74, 6) is -1.12. The van der Waals surface area contributed by atoms with Crippen molar-refractivity contribution in [2.24, 2.45) is 17.1 Å². The molecule has 122 valence electrons. The molecule has 0 spiro atoms. The Morgan fingerprint density at radius 2 is 1.81 bits per heavy atom. The van der Waals surface area contributed by atoms with Crippen LogP contribution in [0.4, 0.5) is 0 Å². The normalized spacial score (nSPS) is 19.8. The maximum absolute atomic E-state index is 12.0. The monoisotopic (exact) mass is 298 g/mol. The van der Waals surface area contributed by atoms with Crippen LogP contribution in [-0.2, 0) is 9.59 Å². The van der Waals surface area contributed by atoms with Crippen LogP contribution >= 0.6 is 0 Å². The van der Waals surface area contributed by atoms with E-state index < -0.39 is 12.0 Å². The Hall–Kier alpha value is -1.10. The van der Waals surface area contributed by atoms with Crippen molar-refractivity contribution in [1.29, 1.82) is 0 Å². The Morgan fingerprint density at radius 1 is 1.24 bits per heavy atom. The molecular formula is C16H30N2O3. The molecule has 0 radical (unpaired) electrons. The van der Waals surface area contributed by atoms with Gasteiger partial charge in [0.15, 0.2) is 0 Å². The van der Waals surface area contributed by atoms with E-state index in [0.29, 0.717) is 0 Å². The van der Waals surface area contributed by atoms with Gasteiger partial charge in [-0.2, -0.15) is 0 Å². The molecule has 1 saturated carbocycles. The second-order valence-electron chi connectivity index (χ2n) is 7.51. The first-order valence-electron chi connectivity index (χ1n) is 7.97. The van der Waals surface area contributed by atoms with Crippen molar-refractivity contribution in [3.63, 3.8) is 0 Å². The van der Waals surface area contributed by atoms with Crippen LogP contribution < -0.4 is 11.1 Å². The summed E-state index contributed by atoms with van der Waals surface area (Å²) < 4.78 is 0. The van der Waals surface area contributed by atoms with Crippen LogP contribution in [0.25, 0.3) is 0 Å². The summed E-state index contributed by atoms with van der Waals surface area (Å²) in [6, 6.07) is -0.995. The third-order valence-corrected chi connectivity index (χ3v) is 4.03. The summed E-state index contributed by atoms with van der Waals surface area (Å²) in [6.07, 6.45) is 5.95. The van der Waals surface area contributed by atoms with E-state index in [0.717, 1.165) is 38.5 Å². The predicted octanol–water partition coefficient (Wildman–Crippen LogP) is 2.29. The molecule has 1 rings (SSSR count). The van der Waals surface area contributed by atoms with E-state index in [1.54, 1.807) is 0 Å². The Labute approximate surface area is 127 Å². The minimum absolute atomic E-state index is 0.0547. The molecule has 1 amide bonds. The zero-order chi connectivity index (χ0) is 16.0. The number of carbonyl (C=O) groups excluding carboxylic acids is 1. The van der Waals surface area contributed by atoms with Gasteiger partial charge in [0.25, 0.3) is 0 Å². The van der Waals surface area contributed by atoms with Gasteiger partial charge in [0.05, 0.1) is 0 Å². The Morgan fingerprint density at radius 3 is 2.29 bits per heavy atom. The summed E-state index contributed by atoms with van der Waals surface area (Å²) in [4.78, 5) is 23.4. The topological polar surface area (TPSA) is 92.4 Å². The number of aliphatic carboxylic acids is 1. The van der Waals surface area contributed by atoms with Gasteiger partial charge < -0.3 is 16.2 Å². The molecule has 21 heavy (non-hydrogen) atoms. The fraction of sp³-hybridized carbons (Fsp3) is 0.875. The van der Waals surface area contributed by atoms with E-state index in [1.165, 1.54) is 0 Å². The first-order valence-corrected chi connectivity index (χ1v) is 7.97. The average molecular weight is 298 g/mol. The van der Waals surface area contributed by atoms with E-state index in [2.05, 4.69) is 26.1 Å². The molecule has 0 aliphatic heterocycles. The van der Waals surface area contributed by atoms with Crippen molar-refractivity contribution in [1.82, 2.24) is 5.32 Å². The lowest BCUT2D eigenvalue weighted by Gasteiger charge is -2.29. The SMILES string of the molecule is CC(C)(C)CC(N)CC(=O)NC(C(=O)O)C1CCCCC1. The zero-order valence-corrected chi connectivity index (χ0v) is 13.5. The van der Waals surface area contributed by atoms with Crippen LogP contribution in [0.2, 0.25) is 0 Å². The van der Waals surface area contributed by atoms with Gasteiger partial charge in [-0.15, -0.1) is 0 Å². The van der Waals surface area contributed by atoms with E-state index in [1.807, 2.05) is 0 Å². The molecule has 1 fully saturated rings. The highest BCUT2D eigenvalue weighted by Gasteiger charge is 2.31. The molecule has 0 saturated heterocycles. The van der Waals surface area contributed by atoms with Crippen molar-refractivity contribution in [3.05, 3.63) is 0 Å². The fourth-order valence-electron chi connectivity index (χ4n) is 3.18. The first kappa shape index (κ1) is 18.0. The lowest BCUT2D eigenvalue weighted by atomic mass is 9.83.